The molecule has 19 heavy (non-hydrogen) atoms. The summed E-state index contributed by atoms with van der Waals surface area (Å²) in [7, 11) is 0. The normalized spacial score (nSPS) is 22.8. The van der Waals surface area contributed by atoms with E-state index in [-0.39, 0.29) is 0 Å². The van der Waals surface area contributed by atoms with E-state index in [2.05, 4.69) is 62.5 Å². The molecule has 1 aromatic rings. The first kappa shape index (κ1) is 14.3. The zero-order chi connectivity index (χ0) is 13.7. The number of nitrogens with one attached hydrogen (secondary N) is 1. The van der Waals surface area contributed by atoms with E-state index in [9.17, 15) is 0 Å². The van der Waals surface area contributed by atoms with Crippen LogP contribution in [0.25, 0.3) is 0 Å². The maximum atomic E-state index is 3.50. The van der Waals surface area contributed by atoms with Gasteiger partial charge in [0.2, 0.25) is 0 Å². The van der Waals surface area contributed by atoms with Crippen LogP contribution in [-0.2, 0) is 0 Å². The topological polar surface area (TPSA) is 12.0 Å². The highest BCUT2D eigenvalue weighted by molar-refractivity contribution is 5.31. The average Bonchev–Trinajstić information content (AvgIpc) is 3.19. The first-order valence-electron chi connectivity index (χ1n) is 7.60. The number of hydrogen-bond acceptors (Lipinski definition) is 1. The molecule has 1 aliphatic rings. The van der Waals surface area contributed by atoms with Gasteiger partial charge in [0.05, 0.1) is 0 Å². The van der Waals surface area contributed by atoms with Crippen molar-refractivity contribution in [1.82, 2.24) is 5.32 Å². The highest BCUT2D eigenvalue weighted by Crippen LogP contribution is 2.51. The van der Waals surface area contributed by atoms with E-state index in [1.807, 2.05) is 0 Å². The molecule has 0 aliphatic heterocycles. The second-order valence-electron chi connectivity index (χ2n) is 6.19. The van der Waals surface area contributed by atoms with Crippen molar-refractivity contribution in [3.8, 4) is 0 Å². The molecule has 0 aromatic heterocycles. The molecule has 1 nitrogen and oxygen atoms in total. The van der Waals surface area contributed by atoms with Crippen LogP contribution >= 0.6 is 0 Å². The van der Waals surface area contributed by atoms with E-state index in [1.165, 1.54) is 12.0 Å². The van der Waals surface area contributed by atoms with Crippen molar-refractivity contribution in [3.05, 3.63) is 47.5 Å². The first-order valence-corrected chi connectivity index (χ1v) is 7.60. The fourth-order valence-electron chi connectivity index (χ4n) is 2.71. The van der Waals surface area contributed by atoms with Gasteiger partial charge in [-0.3, -0.25) is 0 Å². The molecule has 0 radical (unpaired) electrons. The molecule has 1 fully saturated rings. The summed E-state index contributed by atoms with van der Waals surface area (Å²) in [5, 5.41) is 3.50. The largest absolute Gasteiger partial charge is 0.316 e. The van der Waals surface area contributed by atoms with E-state index < -0.39 is 0 Å². The van der Waals surface area contributed by atoms with Gasteiger partial charge in [0, 0.05) is 0 Å². The quantitative estimate of drug-likeness (QED) is 0.565. The average molecular weight is 257 g/mol. The maximum absolute atomic E-state index is 3.50. The monoisotopic (exact) mass is 257 g/mol. The van der Waals surface area contributed by atoms with Crippen molar-refractivity contribution in [2.45, 2.75) is 39.5 Å². The molecule has 1 saturated carbocycles. The fourth-order valence-corrected chi connectivity index (χ4v) is 2.71. The van der Waals surface area contributed by atoms with Crippen molar-refractivity contribution in [1.29, 1.82) is 0 Å². The predicted molar refractivity (Wildman–Crippen MR) is 83.4 cm³/mol. The Labute approximate surface area is 118 Å². The molecule has 0 spiro atoms. The standard InChI is InChI=1S/C18H27N/c1-14(2)13-19-11-7-8-15(3)17-12-18(17)16-9-5-4-6-10-16/h4-6,8-10,14,17-19H,7,11-13H2,1-3H3/b15-8-. The lowest BCUT2D eigenvalue weighted by atomic mass is 10.1. The van der Waals surface area contributed by atoms with E-state index >= 15 is 0 Å². The predicted octanol–water partition coefficient (Wildman–Crippen LogP) is 4.37. The smallest absolute Gasteiger partial charge is 0.00141 e. The summed E-state index contributed by atoms with van der Waals surface area (Å²) in [4.78, 5) is 0. The fraction of sp³-hybridized carbons (Fsp3) is 0.556. The molecular formula is C18H27N. The third kappa shape index (κ3) is 4.50. The summed E-state index contributed by atoms with van der Waals surface area (Å²) in [5.74, 6) is 2.32. The summed E-state index contributed by atoms with van der Waals surface area (Å²) < 4.78 is 0. The van der Waals surface area contributed by atoms with Gasteiger partial charge in [-0.1, -0.05) is 55.8 Å². The highest BCUT2D eigenvalue weighted by Gasteiger charge is 2.38. The van der Waals surface area contributed by atoms with Crippen molar-refractivity contribution in [2.75, 3.05) is 13.1 Å². The van der Waals surface area contributed by atoms with Crippen molar-refractivity contribution in [2.24, 2.45) is 11.8 Å². The van der Waals surface area contributed by atoms with Gasteiger partial charge in [-0.15, -0.1) is 0 Å². The Kier molecular flexibility index (Phi) is 5.21. The molecule has 104 valence electrons. The third-order valence-corrected chi connectivity index (χ3v) is 3.94. The molecule has 2 atom stereocenters. The summed E-state index contributed by atoms with van der Waals surface area (Å²) in [6.07, 6.45) is 4.93. The minimum absolute atomic E-state index is 0.746. The molecule has 0 saturated heterocycles. The minimum Gasteiger partial charge on any atom is -0.316 e. The van der Waals surface area contributed by atoms with Gasteiger partial charge >= 0.3 is 0 Å². The number of hydrogen-bond donors (Lipinski definition) is 1. The van der Waals surface area contributed by atoms with Crippen LogP contribution in [0.4, 0.5) is 0 Å². The Morgan fingerprint density at radius 2 is 2.05 bits per heavy atom. The molecule has 0 heterocycles. The number of allylic oxidation sites excluding steroid dienone is 1. The van der Waals surface area contributed by atoms with Crippen LogP contribution in [0.15, 0.2) is 42.0 Å². The Morgan fingerprint density at radius 3 is 2.74 bits per heavy atom. The summed E-state index contributed by atoms with van der Waals surface area (Å²) in [6, 6.07) is 10.9. The second kappa shape index (κ2) is 6.91. The SMILES string of the molecule is C/C(=C/CCNCC(C)C)C1CC1c1ccccc1. The van der Waals surface area contributed by atoms with Gasteiger partial charge in [0.1, 0.15) is 0 Å². The molecule has 0 bridgehead atoms. The van der Waals surface area contributed by atoms with E-state index in [4.69, 9.17) is 0 Å². The van der Waals surface area contributed by atoms with Crippen LogP contribution in [0.1, 0.15) is 45.1 Å². The lowest BCUT2D eigenvalue weighted by molar-refractivity contribution is 0.556. The van der Waals surface area contributed by atoms with Gasteiger partial charge in [0.25, 0.3) is 0 Å². The van der Waals surface area contributed by atoms with Crippen LogP contribution < -0.4 is 5.32 Å². The highest BCUT2D eigenvalue weighted by atomic mass is 14.8. The molecule has 2 unspecified atom stereocenters. The summed E-state index contributed by atoms with van der Waals surface area (Å²) in [5.41, 5.74) is 3.10. The Bertz CT molecular complexity index is 405. The molecular weight excluding hydrogens is 230 g/mol. The van der Waals surface area contributed by atoms with Crippen LogP contribution in [0.2, 0.25) is 0 Å². The second-order valence-corrected chi connectivity index (χ2v) is 6.19. The van der Waals surface area contributed by atoms with Crippen LogP contribution in [0.5, 0.6) is 0 Å². The van der Waals surface area contributed by atoms with Crippen LogP contribution in [0.3, 0.4) is 0 Å². The van der Waals surface area contributed by atoms with Gasteiger partial charge in [-0.2, -0.15) is 0 Å². The molecule has 1 N–H and O–H groups in total. The molecule has 1 aliphatic carbocycles. The number of rotatable bonds is 7. The van der Waals surface area contributed by atoms with E-state index in [0.717, 1.165) is 37.3 Å². The van der Waals surface area contributed by atoms with Gasteiger partial charge in [0.15, 0.2) is 0 Å². The van der Waals surface area contributed by atoms with Crippen LogP contribution in [0, 0.1) is 11.8 Å². The zero-order valence-electron chi connectivity index (χ0n) is 12.5. The maximum Gasteiger partial charge on any atom is -0.00141 e. The summed E-state index contributed by atoms with van der Waals surface area (Å²) >= 11 is 0. The van der Waals surface area contributed by atoms with Crippen LogP contribution in [-0.4, -0.2) is 13.1 Å². The lowest BCUT2D eigenvalue weighted by Gasteiger charge is -2.06. The third-order valence-electron chi connectivity index (χ3n) is 3.94. The van der Waals surface area contributed by atoms with E-state index in [0.29, 0.717) is 0 Å². The Morgan fingerprint density at radius 1 is 1.32 bits per heavy atom. The van der Waals surface area contributed by atoms with Crippen molar-refractivity contribution < 1.29 is 0 Å². The van der Waals surface area contributed by atoms with Gasteiger partial charge < -0.3 is 5.32 Å². The minimum atomic E-state index is 0.746. The first-order chi connectivity index (χ1) is 9.18. The van der Waals surface area contributed by atoms with Gasteiger partial charge in [-0.05, 0) is 56.2 Å². The lowest BCUT2D eigenvalue weighted by Crippen LogP contribution is -2.20. The Hall–Kier alpha value is -1.08. The Balaban J connectivity index is 1.72. The molecule has 0 amide bonds. The molecule has 1 heteroatoms. The molecule has 1 aromatic carbocycles. The number of benzene rings is 1. The summed E-state index contributed by atoms with van der Waals surface area (Å²) in [6.45, 7) is 9.04. The van der Waals surface area contributed by atoms with E-state index in [1.54, 1.807) is 5.57 Å². The zero-order valence-corrected chi connectivity index (χ0v) is 12.5. The molecule has 2 rings (SSSR count). The van der Waals surface area contributed by atoms with Gasteiger partial charge in [-0.25, -0.2) is 0 Å². The van der Waals surface area contributed by atoms with Crippen molar-refractivity contribution in [3.63, 3.8) is 0 Å². The van der Waals surface area contributed by atoms with Crippen molar-refractivity contribution >= 4 is 0 Å².